The summed E-state index contributed by atoms with van der Waals surface area (Å²) in [5.74, 6) is -0.163. The third-order valence-electron chi connectivity index (χ3n) is 2.90. The minimum absolute atomic E-state index is 0.163. The van der Waals surface area contributed by atoms with Gasteiger partial charge in [-0.05, 0) is 24.3 Å². The second-order valence-corrected chi connectivity index (χ2v) is 4.04. The molecule has 0 aliphatic heterocycles. The molecule has 1 aromatic carbocycles. The molecule has 0 fully saturated rings. The number of nitrogens with zero attached hydrogens (tertiary/aromatic N) is 2. The number of fused-ring (bicyclic) bond motifs is 1. The molecule has 2 heterocycles. The molecular weight excluding hydrogens is 228 g/mol. The smallest absolute Gasteiger partial charge is 0.273 e. The molecule has 0 bridgehead atoms. The summed E-state index contributed by atoms with van der Waals surface area (Å²) >= 11 is 0. The lowest BCUT2D eigenvalue weighted by Gasteiger charge is -2.06. The van der Waals surface area contributed by atoms with Gasteiger partial charge in [-0.1, -0.05) is 6.07 Å². The lowest BCUT2D eigenvalue weighted by Crippen LogP contribution is -2.16. The van der Waals surface area contributed by atoms with E-state index in [1.165, 1.54) is 0 Å². The molecule has 1 amide bonds. The van der Waals surface area contributed by atoms with Gasteiger partial charge in [0, 0.05) is 30.3 Å². The minimum Gasteiger partial charge on any atom is -0.361 e. The topological polar surface area (TPSA) is 62.7 Å². The average molecular weight is 240 g/mol. The number of hydrogen-bond acceptors (Lipinski definition) is 2. The maximum absolute atomic E-state index is 12.1. The Morgan fingerprint density at radius 3 is 3.00 bits per heavy atom. The number of aromatic amines is 1. The second-order valence-electron chi connectivity index (χ2n) is 4.04. The number of carbonyl (C=O) groups excluding carboxylic acids is 1. The molecule has 18 heavy (non-hydrogen) atoms. The zero-order chi connectivity index (χ0) is 12.5. The van der Waals surface area contributed by atoms with Crippen molar-refractivity contribution in [2.45, 2.75) is 0 Å². The minimum atomic E-state index is -0.163. The van der Waals surface area contributed by atoms with Crippen LogP contribution in [0, 0.1) is 0 Å². The van der Waals surface area contributed by atoms with Gasteiger partial charge in [0.25, 0.3) is 5.91 Å². The standard InChI is InChI=1S/C13H12N4O/c1-17-12(6-8-15-17)13(18)16-11-4-2-3-10-9(11)5-7-14-10/h2-8,14H,1H3,(H,16,18). The number of rotatable bonds is 2. The van der Waals surface area contributed by atoms with Gasteiger partial charge < -0.3 is 10.3 Å². The van der Waals surface area contributed by atoms with Crippen LogP contribution in [0.25, 0.3) is 10.9 Å². The largest absolute Gasteiger partial charge is 0.361 e. The predicted molar refractivity (Wildman–Crippen MR) is 69.5 cm³/mol. The van der Waals surface area contributed by atoms with E-state index in [0.717, 1.165) is 16.6 Å². The molecule has 0 aliphatic carbocycles. The first-order valence-electron chi connectivity index (χ1n) is 5.61. The molecule has 0 spiro atoms. The molecule has 3 rings (SSSR count). The third-order valence-corrected chi connectivity index (χ3v) is 2.90. The van der Waals surface area contributed by atoms with Crippen LogP contribution in [0.4, 0.5) is 5.69 Å². The van der Waals surface area contributed by atoms with E-state index >= 15 is 0 Å². The van der Waals surface area contributed by atoms with E-state index in [9.17, 15) is 4.79 Å². The van der Waals surface area contributed by atoms with Crippen molar-refractivity contribution in [2.75, 3.05) is 5.32 Å². The fourth-order valence-electron chi connectivity index (χ4n) is 1.98. The highest BCUT2D eigenvalue weighted by Gasteiger charge is 2.11. The molecule has 2 aromatic heterocycles. The monoisotopic (exact) mass is 240 g/mol. The van der Waals surface area contributed by atoms with Gasteiger partial charge in [-0.3, -0.25) is 9.48 Å². The van der Waals surface area contributed by atoms with Crippen molar-refractivity contribution in [2.24, 2.45) is 7.05 Å². The van der Waals surface area contributed by atoms with E-state index in [0.29, 0.717) is 5.69 Å². The molecular formula is C13H12N4O. The van der Waals surface area contributed by atoms with Crippen LogP contribution in [-0.4, -0.2) is 20.7 Å². The van der Waals surface area contributed by atoms with E-state index in [1.807, 2.05) is 30.5 Å². The quantitative estimate of drug-likeness (QED) is 0.721. The van der Waals surface area contributed by atoms with Gasteiger partial charge in [0.2, 0.25) is 0 Å². The Kier molecular flexibility index (Phi) is 2.37. The van der Waals surface area contributed by atoms with Gasteiger partial charge in [-0.2, -0.15) is 5.10 Å². The highest BCUT2D eigenvalue weighted by atomic mass is 16.2. The number of hydrogen-bond donors (Lipinski definition) is 2. The highest BCUT2D eigenvalue weighted by molar-refractivity contribution is 6.07. The van der Waals surface area contributed by atoms with Crippen LogP contribution >= 0.6 is 0 Å². The van der Waals surface area contributed by atoms with Crippen molar-refractivity contribution in [3.05, 3.63) is 48.4 Å². The molecule has 0 saturated heterocycles. The molecule has 5 nitrogen and oxygen atoms in total. The van der Waals surface area contributed by atoms with Crippen LogP contribution in [-0.2, 0) is 7.05 Å². The summed E-state index contributed by atoms with van der Waals surface area (Å²) in [7, 11) is 1.74. The molecule has 3 aromatic rings. The number of nitrogens with one attached hydrogen (secondary N) is 2. The van der Waals surface area contributed by atoms with Gasteiger partial charge >= 0.3 is 0 Å². The summed E-state index contributed by atoms with van der Waals surface area (Å²) in [6, 6.07) is 9.37. The Morgan fingerprint density at radius 2 is 2.22 bits per heavy atom. The Hall–Kier alpha value is -2.56. The predicted octanol–water partition coefficient (Wildman–Crippen LogP) is 2.15. The Morgan fingerprint density at radius 1 is 1.33 bits per heavy atom. The molecule has 0 unspecified atom stereocenters. The van der Waals surface area contributed by atoms with Crippen LogP contribution in [0.2, 0.25) is 0 Å². The maximum Gasteiger partial charge on any atom is 0.273 e. The first-order chi connectivity index (χ1) is 8.75. The van der Waals surface area contributed by atoms with Crippen LogP contribution in [0.15, 0.2) is 42.7 Å². The van der Waals surface area contributed by atoms with Gasteiger partial charge in [0.15, 0.2) is 0 Å². The first kappa shape index (κ1) is 10.6. The van der Waals surface area contributed by atoms with Gasteiger partial charge in [-0.15, -0.1) is 0 Å². The number of benzene rings is 1. The number of H-pyrrole nitrogens is 1. The van der Waals surface area contributed by atoms with Crippen molar-refractivity contribution in [3.8, 4) is 0 Å². The summed E-state index contributed by atoms with van der Waals surface area (Å²) in [5, 5.41) is 7.87. The molecule has 0 atom stereocenters. The van der Waals surface area contributed by atoms with Crippen LogP contribution in [0.3, 0.4) is 0 Å². The van der Waals surface area contributed by atoms with Crippen molar-refractivity contribution in [1.82, 2.24) is 14.8 Å². The molecule has 0 aliphatic rings. The molecule has 2 N–H and O–H groups in total. The zero-order valence-electron chi connectivity index (χ0n) is 9.84. The Bertz CT molecular complexity index is 710. The first-order valence-corrected chi connectivity index (χ1v) is 5.61. The Labute approximate surface area is 103 Å². The summed E-state index contributed by atoms with van der Waals surface area (Å²) in [6.07, 6.45) is 3.45. The number of amides is 1. The number of aromatic nitrogens is 3. The van der Waals surface area contributed by atoms with Gasteiger partial charge in [0.05, 0.1) is 5.69 Å². The maximum atomic E-state index is 12.1. The number of aryl methyl sites for hydroxylation is 1. The van der Waals surface area contributed by atoms with Crippen molar-refractivity contribution in [1.29, 1.82) is 0 Å². The van der Waals surface area contributed by atoms with Gasteiger partial charge in [-0.25, -0.2) is 0 Å². The third kappa shape index (κ3) is 1.66. The van der Waals surface area contributed by atoms with E-state index < -0.39 is 0 Å². The van der Waals surface area contributed by atoms with E-state index in [2.05, 4.69) is 15.4 Å². The van der Waals surface area contributed by atoms with Crippen molar-refractivity contribution < 1.29 is 4.79 Å². The number of anilines is 1. The van der Waals surface area contributed by atoms with E-state index in [-0.39, 0.29) is 5.91 Å². The van der Waals surface area contributed by atoms with Crippen LogP contribution < -0.4 is 5.32 Å². The Balaban J connectivity index is 1.95. The number of carbonyl (C=O) groups is 1. The second kappa shape index (κ2) is 4.03. The molecule has 90 valence electrons. The summed E-state index contributed by atoms with van der Waals surface area (Å²) in [4.78, 5) is 15.2. The van der Waals surface area contributed by atoms with Crippen molar-refractivity contribution >= 4 is 22.5 Å². The van der Waals surface area contributed by atoms with Crippen LogP contribution in [0.5, 0.6) is 0 Å². The molecule has 0 saturated carbocycles. The molecule has 5 heteroatoms. The van der Waals surface area contributed by atoms with E-state index in [4.69, 9.17) is 0 Å². The lowest BCUT2D eigenvalue weighted by atomic mass is 10.2. The highest BCUT2D eigenvalue weighted by Crippen LogP contribution is 2.22. The fourth-order valence-corrected chi connectivity index (χ4v) is 1.98. The van der Waals surface area contributed by atoms with Crippen molar-refractivity contribution in [3.63, 3.8) is 0 Å². The normalized spacial score (nSPS) is 10.7. The lowest BCUT2D eigenvalue weighted by molar-refractivity contribution is 0.101. The van der Waals surface area contributed by atoms with Gasteiger partial charge in [0.1, 0.15) is 5.69 Å². The summed E-state index contributed by atoms with van der Waals surface area (Å²) in [5.41, 5.74) is 2.32. The molecule has 0 radical (unpaired) electrons. The van der Waals surface area contributed by atoms with Crippen LogP contribution in [0.1, 0.15) is 10.5 Å². The summed E-state index contributed by atoms with van der Waals surface area (Å²) < 4.78 is 1.55. The SMILES string of the molecule is Cn1nccc1C(=O)Nc1cccc2[nH]ccc12. The van der Waals surface area contributed by atoms with E-state index in [1.54, 1.807) is 24.0 Å². The fraction of sp³-hybridized carbons (Fsp3) is 0.0769. The average Bonchev–Trinajstić information content (AvgIpc) is 2.97. The summed E-state index contributed by atoms with van der Waals surface area (Å²) in [6.45, 7) is 0. The zero-order valence-corrected chi connectivity index (χ0v) is 9.84.